The second-order valence-electron chi connectivity index (χ2n) is 22.9. The number of amides is 6. The molecule has 21 heteroatoms. The fourth-order valence-corrected chi connectivity index (χ4v) is 10.6. The van der Waals surface area contributed by atoms with Gasteiger partial charge in [-0.05, 0) is 101 Å². The smallest absolute Gasteiger partial charge is 0.329 e. The standard InChI is InChI=1S/C57H89N7O14/c1-15-34(8)47-45(66)29-46(67)78-50(33(6)7)49(68)35(9)51(69)58-41(26-31(2)3)55(73)64-25-17-19-42(64)56(74)62(13)44(28-38-20-22-40(76-14)23-21-38)57(75)77-37(11)48(53(71)59-47)60-52(70)43(27-32(4)5)61(12)30-39-18-16-24-63(39)54(72)36(10)65/h20-23,31-35,37,39,41-45,47-48,50,66H,15-19,24-30H2,1-14H3,(H,58,69)(H,59,71)(H,60,70)/t34-,35-,37+,39-,41?,42-,43+,44?,45-,47?,48?,50?/m0/s1. The molecule has 0 radical (unpaired) electrons. The number of methoxy groups -OCH3 is 1. The minimum Gasteiger partial charge on any atom is -0.497 e. The topological polar surface area (TPSA) is 268 Å². The predicted molar refractivity (Wildman–Crippen MR) is 289 cm³/mol. The molecule has 0 saturated carbocycles. The van der Waals surface area contributed by atoms with Crippen LogP contribution in [0.2, 0.25) is 0 Å². The molecule has 12 atom stereocenters. The van der Waals surface area contributed by atoms with Gasteiger partial charge in [0.15, 0.2) is 11.9 Å². The number of carbonyl (C=O) groups is 10. The van der Waals surface area contributed by atoms with E-state index in [1.54, 1.807) is 57.0 Å². The summed E-state index contributed by atoms with van der Waals surface area (Å²) in [4.78, 5) is 147. The van der Waals surface area contributed by atoms with E-state index >= 15 is 0 Å². The molecule has 3 heterocycles. The van der Waals surface area contributed by atoms with Crippen molar-refractivity contribution in [2.75, 3.05) is 40.8 Å². The maximum atomic E-state index is 15.0. The molecule has 0 aliphatic carbocycles. The normalized spacial score (nSPS) is 27.6. The summed E-state index contributed by atoms with van der Waals surface area (Å²) in [5.74, 6) is -9.56. The number of cyclic esters (lactones) is 2. The number of Topliss-reactive ketones (excluding diaryl/α,β-unsaturated/α-hetero) is 2. The monoisotopic (exact) mass is 1100 g/mol. The Kier molecular flexibility index (Phi) is 24.3. The maximum absolute atomic E-state index is 15.0. The zero-order valence-corrected chi connectivity index (χ0v) is 48.5. The summed E-state index contributed by atoms with van der Waals surface area (Å²) in [6.45, 7) is 19.1. The molecule has 0 bridgehead atoms. The lowest BCUT2D eigenvalue weighted by atomic mass is 9.91. The number of aliphatic hydroxyl groups excluding tert-OH is 1. The zero-order chi connectivity index (χ0) is 58.5. The van der Waals surface area contributed by atoms with Crippen molar-refractivity contribution in [1.82, 2.24) is 35.6 Å². The zero-order valence-electron chi connectivity index (χ0n) is 48.5. The molecule has 3 saturated heterocycles. The molecule has 5 unspecified atom stereocenters. The number of ether oxygens (including phenoxy) is 3. The van der Waals surface area contributed by atoms with Crippen molar-refractivity contribution in [1.29, 1.82) is 0 Å². The number of fused-ring (bicyclic) bond motifs is 1. The Morgan fingerprint density at radius 3 is 2.09 bits per heavy atom. The van der Waals surface area contributed by atoms with Crippen molar-refractivity contribution < 1.29 is 67.3 Å². The molecule has 0 spiro atoms. The first kappa shape index (κ1) is 64.6. The van der Waals surface area contributed by atoms with Crippen LogP contribution in [0.25, 0.3) is 0 Å². The second-order valence-corrected chi connectivity index (χ2v) is 22.9. The molecule has 21 nitrogen and oxygen atoms in total. The Labute approximate surface area is 460 Å². The first-order valence-electron chi connectivity index (χ1n) is 27.9. The first-order valence-corrected chi connectivity index (χ1v) is 27.9. The van der Waals surface area contributed by atoms with Gasteiger partial charge in [0.25, 0.3) is 5.91 Å². The van der Waals surface area contributed by atoms with E-state index in [1.807, 2.05) is 34.6 Å². The van der Waals surface area contributed by atoms with Crippen LogP contribution in [-0.2, 0) is 63.8 Å². The third kappa shape index (κ3) is 17.0. The van der Waals surface area contributed by atoms with E-state index in [1.165, 1.54) is 49.6 Å². The van der Waals surface area contributed by atoms with Crippen LogP contribution >= 0.6 is 0 Å². The van der Waals surface area contributed by atoms with Crippen molar-refractivity contribution in [3.8, 4) is 5.75 Å². The van der Waals surface area contributed by atoms with Gasteiger partial charge >= 0.3 is 11.9 Å². The number of nitrogens with zero attached hydrogens (tertiary/aromatic N) is 4. The highest BCUT2D eigenvalue weighted by atomic mass is 16.6. The lowest BCUT2D eigenvalue weighted by molar-refractivity contribution is -0.163. The van der Waals surface area contributed by atoms with Crippen molar-refractivity contribution in [3.63, 3.8) is 0 Å². The lowest BCUT2D eigenvalue weighted by Gasteiger charge is -2.36. The summed E-state index contributed by atoms with van der Waals surface area (Å²) in [6, 6.07) is -0.897. The van der Waals surface area contributed by atoms with E-state index in [9.17, 15) is 53.1 Å². The SMILES string of the molecule is CC[C@H](C)C1NC(=O)C(NC(=O)[C@@H](CC(C)C)N(C)C[C@@H]2CCCN2C(=O)C(C)=O)[C@@H](C)OC(=O)C(Cc2ccc(OC)cc2)N(C)C(=O)[C@@H]2CCCN2C(=O)C(CC(C)C)NC(=O)[C@@H](C)C(=O)C(C(C)C)OC(=O)C[C@@H]1O. The van der Waals surface area contributed by atoms with E-state index in [2.05, 4.69) is 16.0 Å². The van der Waals surface area contributed by atoms with Crippen molar-refractivity contribution in [2.24, 2.45) is 29.6 Å². The third-order valence-corrected chi connectivity index (χ3v) is 15.5. The average molecular weight is 1100 g/mol. The van der Waals surface area contributed by atoms with Crippen molar-refractivity contribution in [2.45, 2.75) is 195 Å². The van der Waals surface area contributed by atoms with Crippen LogP contribution in [0.5, 0.6) is 5.75 Å². The van der Waals surface area contributed by atoms with E-state index in [-0.39, 0.29) is 56.7 Å². The Morgan fingerprint density at radius 1 is 0.872 bits per heavy atom. The molecule has 6 amide bonds. The first-order chi connectivity index (χ1) is 36.6. The van der Waals surface area contributed by atoms with Crippen LogP contribution in [0.15, 0.2) is 24.3 Å². The number of carbonyl (C=O) groups excluding carboxylic acids is 10. The number of ketones is 2. The average Bonchev–Trinajstić information content (AvgIpc) is 4.09. The minimum absolute atomic E-state index is 0.0585. The molecule has 78 heavy (non-hydrogen) atoms. The Morgan fingerprint density at radius 2 is 1.51 bits per heavy atom. The van der Waals surface area contributed by atoms with Crippen molar-refractivity contribution >= 4 is 58.9 Å². The van der Waals surface area contributed by atoms with E-state index in [0.717, 1.165) is 0 Å². The maximum Gasteiger partial charge on any atom is 0.329 e. The Balaban J connectivity index is 1.87. The molecule has 4 rings (SSSR count). The molecule has 1 aromatic rings. The van der Waals surface area contributed by atoms with Crippen LogP contribution in [0, 0.1) is 29.6 Å². The van der Waals surface area contributed by atoms with Gasteiger partial charge in [-0.25, -0.2) is 4.79 Å². The van der Waals surface area contributed by atoms with Gasteiger partial charge in [-0.15, -0.1) is 0 Å². The van der Waals surface area contributed by atoms with Gasteiger partial charge in [0.2, 0.25) is 35.3 Å². The van der Waals surface area contributed by atoms with Crippen LogP contribution in [0.3, 0.4) is 0 Å². The predicted octanol–water partition coefficient (Wildman–Crippen LogP) is 3.00. The number of hydrogen-bond acceptors (Lipinski definition) is 15. The highest BCUT2D eigenvalue weighted by Crippen LogP contribution is 2.27. The van der Waals surface area contributed by atoms with Crippen LogP contribution < -0.4 is 20.7 Å². The minimum atomic E-state index is -1.66. The van der Waals surface area contributed by atoms with Gasteiger partial charge in [0, 0.05) is 46.1 Å². The number of esters is 2. The number of hydrogen-bond donors (Lipinski definition) is 4. The number of rotatable bonds is 16. The van der Waals surface area contributed by atoms with Crippen LogP contribution in [0.4, 0.5) is 0 Å². The van der Waals surface area contributed by atoms with E-state index < -0.39 is 138 Å². The molecule has 3 fully saturated rings. The molecule has 436 valence electrons. The molecule has 3 aliphatic heterocycles. The molecule has 3 aliphatic rings. The van der Waals surface area contributed by atoms with Crippen LogP contribution in [0.1, 0.15) is 133 Å². The van der Waals surface area contributed by atoms with Gasteiger partial charge in [-0.2, -0.15) is 0 Å². The fourth-order valence-electron chi connectivity index (χ4n) is 10.6. The molecule has 0 aromatic heterocycles. The van der Waals surface area contributed by atoms with Gasteiger partial charge in [-0.1, -0.05) is 73.9 Å². The fraction of sp³-hybridized carbons (Fsp3) is 0.719. The molecular weight excluding hydrogens is 1010 g/mol. The highest BCUT2D eigenvalue weighted by molar-refractivity contribution is 6.35. The van der Waals surface area contributed by atoms with E-state index in [4.69, 9.17) is 14.2 Å². The highest BCUT2D eigenvalue weighted by Gasteiger charge is 2.45. The summed E-state index contributed by atoms with van der Waals surface area (Å²) in [6.07, 6.45) is -2.59. The largest absolute Gasteiger partial charge is 0.497 e. The molecule has 4 N–H and O–H groups in total. The number of aliphatic hydroxyl groups is 1. The molecule has 1 aromatic carbocycles. The van der Waals surface area contributed by atoms with E-state index in [0.29, 0.717) is 43.5 Å². The second kappa shape index (κ2) is 29.3. The summed E-state index contributed by atoms with van der Waals surface area (Å²) in [5, 5.41) is 20.3. The molecular formula is C57H89N7O14. The number of nitrogens with one attached hydrogen (secondary N) is 3. The van der Waals surface area contributed by atoms with Crippen LogP contribution in [-0.4, -0.2) is 185 Å². The number of likely N-dealkylation sites (tertiary alicyclic amines) is 1. The summed E-state index contributed by atoms with van der Waals surface area (Å²) < 4.78 is 17.3. The quantitative estimate of drug-likeness (QED) is 0.105. The third-order valence-electron chi connectivity index (χ3n) is 15.5. The lowest BCUT2D eigenvalue weighted by Crippen LogP contribution is -2.61. The Bertz CT molecular complexity index is 2290. The number of benzene rings is 1. The summed E-state index contributed by atoms with van der Waals surface area (Å²) >= 11 is 0. The van der Waals surface area contributed by atoms with Gasteiger partial charge in [0.05, 0.1) is 37.6 Å². The summed E-state index contributed by atoms with van der Waals surface area (Å²) in [7, 11) is 4.64. The summed E-state index contributed by atoms with van der Waals surface area (Å²) in [5.41, 5.74) is 0.599. The van der Waals surface area contributed by atoms with Gasteiger partial charge in [0.1, 0.15) is 36.0 Å². The van der Waals surface area contributed by atoms with Gasteiger partial charge in [-0.3, -0.25) is 48.1 Å². The van der Waals surface area contributed by atoms with Crippen molar-refractivity contribution in [3.05, 3.63) is 29.8 Å². The van der Waals surface area contributed by atoms with Gasteiger partial charge < -0.3 is 50.0 Å². The number of likely N-dealkylation sites (N-methyl/N-ethyl adjacent to an activating group) is 2. The Hall–Kier alpha value is -5.96.